The average molecular weight is 348 g/mol. The van der Waals surface area contributed by atoms with Crippen molar-refractivity contribution < 1.29 is 19.1 Å². The molecule has 0 saturated heterocycles. The molecule has 1 heterocycles. The van der Waals surface area contributed by atoms with Crippen LogP contribution in [0.2, 0.25) is 0 Å². The standard InChI is InChI=1S/C20H16N2O4/c23-17-7-2-6-16(13-17)22-20(25)14-4-1-5-15(12-14)21-19(24)10-9-18-8-3-11-26-18/h1-13,23H,(H,21,24)(H,22,25). The number of nitrogens with one attached hydrogen (secondary N) is 2. The van der Waals surface area contributed by atoms with E-state index in [-0.39, 0.29) is 17.6 Å². The van der Waals surface area contributed by atoms with Gasteiger partial charge in [-0.1, -0.05) is 12.1 Å². The largest absolute Gasteiger partial charge is 0.508 e. The van der Waals surface area contributed by atoms with Gasteiger partial charge in [-0.2, -0.15) is 0 Å². The van der Waals surface area contributed by atoms with E-state index in [0.29, 0.717) is 22.7 Å². The number of phenolic OH excluding ortho intramolecular Hbond substituents is 1. The van der Waals surface area contributed by atoms with E-state index in [1.807, 2.05) is 0 Å². The van der Waals surface area contributed by atoms with Crippen LogP contribution < -0.4 is 10.6 Å². The highest BCUT2D eigenvalue weighted by Crippen LogP contribution is 2.17. The van der Waals surface area contributed by atoms with Crippen molar-refractivity contribution in [3.05, 3.63) is 84.3 Å². The Balaban J connectivity index is 1.65. The van der Waals surface area contributed by atoms with Crippen molar-refractivity contribution in [3.63, 3.8) is 0 Å². The lowest BCUT2D eigenvalue weighted by Crippen LogP contribution is -2.13. The van der Waals surface area contributed by atoms with Crippen LogP contribution in [0, 0.1) is 0 Å². The molecule has 0 aliphatic carbocycles. The molecule has 3 aromatic rings. The first-order valence-corrected chi connectivity index (χ1v) is 7.83. The van der Waals surface area contributed by atoms with Gasteiger partial charge >= 0.3 is 0 Å². The first-order valence-electron chi connectivity index (χ1n) is 7.83. The fourth-order valence-corrected chi connectivity index (χ4v) is 2.25. The fourth-order valence-electron chi connectivity index (χ4n) is 2.25. The smallest absolute Gasteiger partial charge is 0.255 e. The first kappa shape index (κ1) is 17.0. The number of carbonyl (C=O) groups is 2. The molecule has 0 unspecified atom stereocenters. The van der Waals surface area contributed by atoms with E-state index in [1.54, 1.807) is 54.6 Å². The van der Waals surface area contributed by atoms with Gasteiger partial charge in [-0.3, -0.25) is 9.59 Å². The highest BCUT2D eigenvalue weighted by atomic mass is 16.3. The molecule has 0 bridgehead atoms. The molecule has 2 aromatic carbocycles. The third kappa shape index (κ3) is 4.61. The Kier molecular flexibility index (Phi) is 5.14. The molecule has 0 saturated carbocycles. The zero-order valence-corrected chi connectivity index (χ0v) is 13.7. The van der Waals surface area contributed by atoms with Crippen LogP contribution in [-0.4, -0.2) is 16.9 Å². The van der Waals surface area contributed by atoms with E-state index in [2.05, 4.69) is 10.6 Å². The summed E-state index contributed by atoms with van der Waals surface area (Å²) in [6, 6.07) is 16.3. The molecule has 0 radical (unpaired) electrons. The lowest BCUT2D eigenvalue weighted by molar-refractivity contribution is -0.111. The Morgan fingerprint density at radius 3 is 2.42 bits per heavy atom. The molecule has 0 spiro atoms. The van der Waals surface area contributed by atoms with Gasteiger partial charge in [0.05, 0.1) is 6.26 Å². The van der Waals surface area contributed by atoms with Crippen LogP contribution in [0.1, 0.15) is 16.1 Å². The molecule has 3 N–H and O–H groups in total. The summed E-state index contributed by atoms with van der Waals surface area (Å²) in [5.74, 6) is -0.0590. The Hall–Kier alpha value is -3.80. The predicted octanol–water partition coefficient (Wildman–Crippen LogP) is 3.89. The van der Waals surface area contributed by atoms with Gasteiger partial charge in [-0.05, 0) is 48.5 Å². The second-order valence-electron chi connectivity index (χ2n) is 5.42. The molecule has 2 amide bonds. The van der Waals surface area contributed by atoms with Gasteiger partial charge in [-0.15, -0.1) is 0 Å². The topological polar surface area (TPSA) is 91.6 Å². The Morgan fingerprint density at radius 1 is 0.923 bits per heavy atom. The minimum Gasteiger partial charge on any atom is -0.508 e. The number of furan rings is 1. The highest BCUT2D eigenvalue weighted by Gasteiger charge is 2.08. The zero-order valence-electron chi connectivity index (χ0n) is 13.7. The van der Waals surface area contributed by atoms with Crippen molar-refractivity contribution in [3.8, 4) is 5.75 Å². The lowest BCUT2D eigenvalue weighted by atomic mass is 10.1. The minimum atomic E-state index is -0.349. The molecule has 6 heteroatoms. The number of phenols is 1. The average Bonchev–Trinajstić information content (AvgIpc) is 3.14. The number of anilines is 2. The summed E-state index contributed by atoms with van der Waals surface area (Å²) in [7, 11) is 0. The molecular weight excluding hydrogens is 332 g/mol. The summed E-state index contributed by atoms with van der Waals surface area (Å²) in [5, 5.41) is 14.8. The van der Waals surface area contributed by atoms with E-state index in [4.69, 9.17) is 4.42 Å². The molecule has 0 aliphatic heterocycles. The molecule has 0 aliphatic rings. The molecule has 130 valence electrons. The van der Waals surface area contributed by atoms with Crippen LogP contribution in [0.3, 0.4) is 0 Å². The number of rotatable bonds is 5. The van der Waals surface area contributed by atoms with E-state index in [1.165, 1.54) is 24.5 Å². The number of amides is 2. The van der Waals surface area contributed by atoms with Gasteiger partial charge in [0, 0.05) is 29.1 Å². The lowest BCUT2D eigenvalue weighted by Gasteiger charge is -2.08. The molecule has 0 atom stereocenters. The van der Waals surface area contributed by atoms with Gasteiger partial charge in [-0.25, -0.2) is 0 Å². The third-order valence-electron chi connectivity index (χ3n) is 3.44. The Bertz CT molecular complexity index is 946. The minimum absolute atomic E-state index is 0.0622. The summed E-state index contributed by atoms with van der Waals surface area (Å²) in [6.07, 6.45) is 4.41. The summed E-state index contributed by atoms with van der Waals surface area (Å²) >= 11 is 0. The fraction of sp³-hybridized carbons (Fsp3) is 0. The van der Waals surface area contributed by atoms with Crippen molar-refractivity contribution in [1.82, 2.24) is 0 Å². The number of carbonyl (C=O) groups excluding carboxylic acids is 2. The van der Waals surface area contributed by atoms with E-state index >= 15 is 0 Å². The van der Waals surface area contributed by atoms with Crippen molar-refractivity contribution >= 4 is 29.3 Å². The Labute approximate surface area is 149 Å². The predicted molar refractivity (Wildman–Crippen MR) is 98.9 cm³/mol. The van der Waals surface area contributed by atoms with Gasteiger partial charge in [0.25, 0.3) is 5.91 Å². The molecule has 3 rings (SSSR count). The van der Waals surface area contributed by atoms with Crippen LogP contribution in [0.15, 0.2) is 77.4 Å². The van der Waals surface area contributed by atoms with Crippen molar-refractivity contribution in [1.29, 1.82) is 0 Å². The molecule has 6 nitrogen and oxygen atoms in total. The number of benzene rings is 2. The second kappa shape index (κ2) is 7.85. The van der Waals surface area contributed by atoms with Crippen LogP contribution in [0.25, 0.3) is 6.08 Å². The van der Waals surface area contributed by atoms with Crippen LogP contribution in [0.5, 0.6) is 5.75 Å². The van der Waals surface area contributed by atoms with Crippen molar-refractivity contribution in [2.75, 3.05) is 10.6 Å². The van der Waals surface area contributed by atoms with E-state index in [0.717, 1.165) is 0 Å². The SMILES string of the molecule is O=C(C=Cc1ccco1)Nc1cccc(C(=O)Nc2cccc(O)c2)c1. The molecule has 26 heavy (non-hydrogen) atoms. The zero-order chi connectivity index (χ0) is 18.4. The van der Waals surface area contributed by atoms with Crippen molar-refractivity contribution in [2.45, 2.75) is 0 Å². The maximum absolute atomic E-state index is 12.3. The highest BCUT2D eigenvalue weighted by molar-refractivity contribution is 6.06. The summed E-state index contributed by atoms with van der Waals surface area (Å²) < 4.78 is 5.11. The van der Waals surface area contributed by atoms with Crippen molar-refractivity contribution in [2.24, 2.45) is 0 Å². The van der Waals surface area contributed by atoms with E-state index in [9.17, 15) is 14.7 Å². The van der Waals surface area contributed by atoms with Gasteiger partial charge in [0.2, 0.25) is 5.91 Å². The Morgan fingerprint density at radius 2 is 1.69 bits per heavy atom. The quantitative estimate of drug-likeness (QED) is 0.610. The molecule has 0 fully saturated rings. The summed E-state index contributed by atoms with van der Waals surface area (Å²) in [5.41, 5.74) is 1.34. The summed E-state index contributed by atoms with van der Waals surface area (Å²) in [6.45, 7) is 0. The third-order valence-corrected chi connectivity index (χ3v) is 3.44. The molecule has 1 aromatic heterocycles. The summed E-state index contributed by atoms with van der Waals surface area (Å²) in [4.78, 5) is 24.3. The second-order valence-corrected chi connectivity index (χ2v) is 5.42. The van der Waals surface area contributed by atoms with E-state index < -0.39 is 0 Å². The number of hydrogen-bond donors (Lipinski definition) is 3. The maximum atomic E-state index is 12.3. The maximum Gasteiger partial charge on any atom is 0.255 e. The van der Waals surface area contributed by atoms with Gasteiger partial charge in [0.1, 0.15) is 11.5 Å². The molecular formula is C20H16N2O4. The van der Waals surface area contributed by atoms with Crippen LogP contribution in [-0.2, 0) is 4.79 Å². The monoisotopic (exact) mass is 348 g/mol. The van der Waals surface area contributed by atoms with Crippen LogP contribution >= 0.6 is 0 Å². The van der Waals surface area contributed by atoms with Crippen LogP contribution in [0.4, 0.5) is 11.4 Å². The first-order chi connectivity index (χ1) is 12.6. The number of aromatic hydroxyl groups is 1. The normalized spacial score (nSPS) is 10.6. The number of hydrogen-bond acceptors (Lipinski definition) is 4. The van der Waals surface area contributed by atoms with Gasteiger partial charge in [0.15, 0.2) is 0 Å². The van der Waals surface area contributed by atoms with Gasteiger partial charge < -0.3 is 20.2 Å².